The molecule has 1 aliphatic rings. The normalized spacial score (nSPS) is 19.2. The maximum Gasteiger partial charge on any atom is 0.256 e. The molecule has 1 fully saturated rings. The zero-order valence-corrected chi connectivity index (χ0v) is 15.7. The molecule has 2 heterocycles. The van der Waals surface area contributed by atoms with Crippen LogP contribution in [0.5, 0.6) is 5.88 Å². The molecule has 3 aromatic rings. The van der Waals surface area contributed by atoms with Crippen LogP contribution in [0.15, 0.2) is 48.7 Å². The van der Waals surface area contributed by atoms with Crippen molar-refractivity contribution in [2.75, 3.05) is 7.11 Å². The number of carbonyl (C=O) groups is 1. The Labute approximate surface area is 162 Å². The number of benzene rings is 1. The number of carbonyl (C=O) groups excluding carboxylic acids is 1. The van der Waals surface area contributed by atoms with Crippen molar-refractivity contribution in [3.8, 4) is 17.3 Å². The highest BCUT2D eigenvalue weighted by atomic mass is 16.5. The van der Waals surface area contributed by atoms with E-state index in [1.165, 1.54) is 7.11 Å². The van der Waals surface area contributed by atoms with Crippen molar-refractivity contribution in [1.82, 2.24) is 30.5 Å². The molecule has 2 aromatic heterocycles. The van der Waals surface area contributed by atoms with Crippen LogP contribution in [0.2, 0.25) is 0 Å². The van der Waals surface area contributed by atoms with Gasteiger partial charge in [0.15, 0.2) is 0 Å². The summed E-state index contributed by atoms with van der Waals surface area (Å²) in [6, 6.07) is 13.6. The first-order valence-electron chi connectivity index (χ1n) is 9.39. The summed E-state index contributed by atoms with van der Waals surface area (Å²) in [6.45, 7) is 0. The lowest BCUT2D eigenvalue weighted by Crippen LogP contribution is -2.38. The summed E-state index contributed by atoms with van der Waals surface area (Å²) in [4.78, 5) is 18.3. The molecular formula is C20H22N6O2. The number of tetrazole rings is 1. The van der Waals surface area contributed by atoms with Crippen molar-refractivity contribution >= 4 is 5.91 Å². The second-order valence-corrected chi connectivity index (χ2v) is 6.84. The van der Waals surface area contributed by atoms with Gasteiger partial charge < -0.3 is 10.1 Å². The van der Waals surface area contributed by atoms with Crippen molar-refractivity contribution in [3.05, 3.63) is 54.2 Å². The summed E-state index contributed by atoms with van der Waals surface area (Å²) in [6.07, 6.45) is 5.11. The monoisotopic (exact) mass is 378 g/mol. The molecule has 1 amide bonds. The number of hydrogen-bond donors (Lipinski definition) is 1. The highest BCUT2D eigenvalue weighted by Gasteiger charge is 2.26. The van der Waals surface area contributed by atoms with Crippen LogP contribution in [0, 0.1) is 0 Å². The number of amides is 1. The predicted molar refractivity (Wildman–Crippen MR) is 103 cm³/mol. The van der Waals surface area contributed by atoms with E-state index < -0.39 is 0 Å². The molecule has 0 spiro atoms. The lowest BCUT2D eigenvalue weighted by molar-refractivity contribution is 0.0916. The van der Waals surface area contributed by atoms with Crippen molar-refractivity contribution in [1.29, 1.82) is 0 Å². The van der Waals surface area contributed by atoms with Crippen LogP contribution in [-0.4, -0.2) is 44.3 Å². The van der Waals surface area contributed by atoms with Gasteiger partial charge in [0.2, 0.25) is 11.7 Å². The molecule has 1 saturated carbocycles. The molecule has 4 rings (SSSR count). The largest absolute Gasteiger partial charge is 0.480 e. The number of ether oxygens (including phenoxy) is 1. The summed E-state index contributed by atoms with van der Waals surface area (Å²) >= 11 is 0. The van der Waals surface area contributed by atoms with Crippen LogP contribution in [0.3, 0.4) is 0 Å². The van der Waals surface area contributed by atoms with E-state index in [4.69, 9.17) is 4.74 Å². The molecule has 0 unspecified atom stereocenters. The third kappa shape index (κ3) is 3.85. The Hall–Kier alpha value is -3.29. The van der Waals surface area contributed by atoms with E-state index in [9.17, 15) is 4.79 Å². The second kappa shape index (κ2) is 8.16. The van der Waals surface area contributed by atoms with Crippen molar-refractivity contribution in [2.45, 2.75) is 37.8 Å². The van der Waals surface area contributed by atoms with E-state index in [1.54, 1.807) is 23.1 Å². The van der Waals surface area contributed by atoms with Crippen LogP contribution in [0.4, 0.5) is 0 Å². The first-order chi connectivity index (χ1) is 13.7. The van der Waals surface area contributed by atoms with Gasteiger partial charge in [-0.3, -0.25) is 4.79 Å². The highest BCUT2D eigenvalue weighted by molar-refractivity contribution is 5.96. The fraction of sp³-hybridized carbons (Fsp3) is 0.350. The Balaban J connectivity index is 1.35. The average molecular weight is 378 g/mol. The lowest BCUT2D eigenvalue weighted by atomic mass is 9.91. The van der Waals surface area contributed by atoms with Crippen molar-refractivity contribution in [2.24, 2.45) is 0 Å². The van der Waals surface area contributed by atoms with Crippen LogP contribution in [0.1, 0.15) is 42.1 Å². The van der Waals surface area contributed by atoms with Gasteiger partial charge in [-0.15, -0.1) is 10.2 Å². The molecule has 1 N–H and O–H groups in total. The number of nitrogens with zero attached hydrogens (tertiary/aromatic N) is 5. The molecule has 0 aliphatic heterocycles. The molecule has 0 saturated heterocycles. The van der Waals surface area contributed by atoms with Gasteiger partial charge in [-0.1, -0.05) is 30.3 Å². The fourth-order valence-corrected chi connectivity index (χ4v) is 3.52. The Bertz CT molecular complexity index is 935. The van der Waals surface area contributed by atoms with Gasteiger partial charge in [0.25, 0.3) is 5.91 Å². The first kappa shape index (κ1) is 18.1. The molecular weight excluding hydrogens is 356 g/mol. The Morgan fingerprint density at radius 2 is 1.89 bits per heavy atom. The van der Waals surface area contributed by atoms with Crippen molar-refractivity contribution < 1.29 is 9.53 Å². The summed E-state index contributed by atoms with van der Waals surface area (Å²) < 4.78 is 5.17. The summed E-state index contributed by atoms with van der Waals surface area (Å²) in [5.41, 5.74) is 1.41. The Morgan fingerprint density at radius 1 is 1.11 bits per heavy atom. The minimum atomic E-state index is -0.154. The first-order valence-corrected chi connectivity index (χ1v) is 9.39. The maximum atomic E-state index is 12.5. The molecule has 144 valence electrons. The van der Waals surface area contributed by atoms with Gasteiger partial charge in [-0.05, 0) is 43.0 Å². The van der Waals surface area contributed by atoms with E-state index in [2.05, 4.69) is 25.7 Å². The summed E-state index contributed by atoms with van der Waals surface area (Å²) in [5, 5.41) is 16.0. The standard InChI is InChI=1S/C20H22N6O2/c1-28-20-17(8-5-13-21-20)19(27)22-15-9-11-16(12-10-15)26-24-18(23-25-26)14-6-3-2-4-7-14/h2-8,13,15-16H,9-12H2,1H3,(H,22,27). The zero-order valence-electron chi connectivity index (χ0n) is 15.7. The average Bonchev–Trinajstić information content (AvgIpc) is 3.25. The molecule has 28 heavy (non-hydrogen) atoms. The summed E-state index contributed by atoms with van der Waals surface area (Å²) in [7, 11) is 1.51. The minimum absolute atomic E-state index is 0.116. The molecule has 0 atom stereocenters. The van der Waals surface area contributed by atoms with Gasteiger partial charge in [0.05, 0.1) is 13.2 Å². The summed E-state index contributed by atoms with van der Waals surface area (Å²) in [5.74, 6) is 0.826. The number of aromatic nitrogens is 5. The number of pyridine rings is 1. The fourth-order valence-electron chi connectivity index (χ4n) is 3.52. The number of rotatable bonds is 5. The molecule has 1 aliphatic carbocycles. The molecule has 1 aromatic carbocycles. The van der Waals surface area contributed by atoms with Gasteiger partial charge in [0, 0.05) is 17.8 Å². The van der Waals surface area contributed by atoms with Gasteiger partial charge in [-0.25, -0.2) is 4.98 Å². The molecule has 8 heteroatoms. The van der Waals surface area contributed by atoms with Crippen LogP contribution < -0.4 is 10.1 Å². The van der Waals surface area contributed by atoms with E-state index in [-0.39, 0.29) is 18.0 Å². The highest BCUT2D eigenvalue weighted by Crippen LogP contribution is 2.28. The maximum absolute atomic E-state index is 12.5. The van der Waals surface area contributed by atoms with Crippen LogP contribution in [-0.2, 0) is 0 Å². The zero-order chi connectivity index (χ0) is 19.3. The predicted octanol–water partition coefficient (Wildman–Crippen LogP) is 2.66. The number of methoxy groups -OCH3 is 1. The van der Waals surface area contributed by atoms with Crippen LogP contribution in [0.25, 0.3) is 11.4 Å². The number of nitrogens with one attached hydrogen (secondary N) is 1. The lowest BCUT2D eigenvalue weighted by Gasteiger charge is -2.28. The van der Waals surface area contributed by atoms with E-state index in [0.29, 0.717) is 17.3 Å². The van der Waals surface area contributed by atoms with Gasteiger partial charge >= 0.3 is 0 Å². The van der Waals surface area contributed by atoms with E-state index >= 15 is 0 Å². The quantitative estimate of drug-likeness (QED) is 0.733. The second-order valence-electron chi connectivity index (χ2n) is 6.84. The van der Waals surface area contributed by atoms with Crippen molar-refractivity contribution in [3.63, 3.8) is 0 Å². The minimum Gasteiger partial charge on any atom is -0.480 e. The SMILES string of the molecule is COc1ncccc1C(=O)NC1CCC(n2nnc(-c3ccccc3)n2)CC1. The van der Waals surface area contributed by atoms with Gasteiger partial charge in [-0.2, -0.15) is 4.80 Å². The molecule has 0 bridgehead atoms. The smallest absolute Gasteiger partial charge is 0.256 e. The number of hydrogen-bond acceptors (Lipinski definition) is 6. The van der Waals surface area contributed by atoms with E-state index in [0.717, 1.165) is 31.2 Å². The molecule has 8 nitrogen and oxygen atoms in total. The third-order valence-electron chi connectivity index (χ3n) is 5.03. The Kier molecular flexibility index (Phi) is 5.27. The third-order valence-corrected chi connectivity index (χ3v) is 5.03. The van der Waals surface area contributed by atoms with E-state index in [1.807, 2.05) is 30.3 Å². The Morgan fingerprint density at radius 3 is 2.64 bits per heavy atom. The van der Waals surface area contributed by atoms with Crippen LogP contribution >= 0.6 is 0 Å². The van der Waals surface area contributed by atoms with Gasteiger partial charge in [0.1, 0.15) is 5.56 Å². The molecule has 0 radical (unpaired) electrons. The topological polar surface area (TPSA) is 94.8 Å².